The molecule has 0 saturated heterocycles. The number of rotatable bonds is 4. The van der Waals surface area contributed by atoms with Crippen molar-refractivity contribution in [2.24, 2.45) is 0 Å². The number of nitrogens with zero attached hydrogens (tertiary/aromatic N) is 4. The van der Waals surface area contributed by atoms with Crippen molar-refractivity contribution in [2.45, 2.75) is 13.0 Å². The van der Waals surface area contributed by atoms with E-state index in [0.717, 1.165) is 0 Å². The minimum atomic E-state index is -0.985. The zero-order valence-electron chi connectivity index (χ0n) is 11.3. The Bertz CT molecular complexity index is 784. The molecule has 2 N–H and O–H groups in total. The molecule has 0 spiro atoms. The molecule has 0 aliphatic heterocycles. The third-order valence-corrected chi connectivity index (χ3v) is 3.16. The van der Waals surface area contributed by atoms with E-state index in [1.165, 1.54) is 0 Å². The zero-order valence-corrected chi connectivity index (χ0v) is 11.3. The molecule has 1 unspecified atom stereocenters. The number of benzene rings is 1. The van der Waals surface area contributed by atoms with Gasteiger partial charge >= 0.3 is 5.97 Å². The molecule has 2 heterocycles. The first-order valence-corrected chi connectivity index (χ1v) is 6.37. The Hall–Kier alpha value is -2.96. The predicted octanol–water partition coefficient (Wildman–Crippen LogP) is 1.67. The number of aliphatic carboxylic acids is 1. The van der Waals surface area contributed by atoms with Gasteiger partial charge in [-0.1, -0.05) is 30.3 Å². The topological polar surface area (TPSA) is 92.4 Å². The van der Waals surface area contributed by atoms with Gasteiger partial charge in [-0.2, -0.15) is 0 Å². The number of carboxylic acids is 1. The number of hydrogen-bond donors (Lipinski definition) is 2. The van der Waals surface area contributed by atoms with Crippen molar-refractivity contribution >= 4 is 17.4 Å². The second-order valence-corrected chi connectivity index (χ2v) is 4.54. The van der Waals surface area contributed by atoms with Crippen LogP contribution in [-0.4, -0.2) is 30.7 Å². The lowest BCUT2D eigenvalue weighted by Crippen LogP contribution is -2.21. The Kier molecular flexibility index (Phi) is 3.23. The zero-order chi connectivity index (χ0) is 14.8. The predicted molar refractivity (Wildman–Crippen MR) is 76.0 cm³/mol. The van der Waals surface area contributed by atoms with Crippen molar-refractivity contribution in [3.63, 3.8) is 0 Å². The molecule has 7 heteroatoms. The van der Waals surface area contributed by atoms with E-state index < -0.39 is 12.0 Å². The summed E-state index contributed by atoms with van der Waals surface area (Å²) in [5.74, 6) is 0.109. The van der Waals surface area contributed by atoms with E-state index in [9.17, 15) is 9.90 Å². The van der Waals surface area contributed by atoms with Crippen molar-refractivity contribution in [1.82, 2.24) is 19.6 Å². The number of carbonyl (C=O) groups is 1. The molecule has 2 aromatic heterocycles. The average molecular weight is 283 g/mol. The molecule has 0 aliphatic rings. The van der Waals surface area contributed by atoms with Gasteiger partial charge in [0.25, 0.3) is 0 Å². The van der Waals surface area contributed by atoms with Gasteiger partial charge in [0.2, 0.25) is 5.65 Å². The van der Waals surface area contributed by atoms with Gasteiger partial charge in [0.1, 0.15) is 5.82 Å². The van der Waals surface area contributed by atoms with Gasteiger partial charge in [0.05, 0.1) is 0 Å². The third-order valence-electron chi connectivity index (χ3n) is 3.16. The van der Waals surface area contributed by atoms with Crippen LogP contribution in [0, 0.1) is 6.92 Å². The first-order valence-electron chi connectivity index (χ1n) is 6.37. The lowest BCUT2D eigenvalue weighted by molar-refractivity contribution is -0.138. The van der Waals surface area contributed by atoms with Crippen LogP contribution in [0.15, 0.2) is 42.7 Å². The number of anilines is 1. The Labute approximate surface area is 120 Å². The van der Waals surface area contributed by atoms with Crippen molar-refractivity contribution in [3.05, 3.63) is 54.1 Å². The summed E-state index contributed by atoms with van der Waals surface area (Å²) in [5.41, 5.74) is 1.14. The number of fused-ring (bicyclic) bond motifs is 1. The largest absolute Gasteiger partial charge is 0.479 e. The maximum atomic E-state index is 11.5. The van der Waals surface area contributed by atoms with Crippen LogP contribution in [0.1, 0.15) is 17.4 Å². The van der Waals surface area contributed by atoms with Crippen LogP contribution in [-0.2, 0) is 4.79 Å². The molecule has 0 bridgehead atoms. The molecule has 21 heavy (non-hydrogen) atoms. The molecular weight excluding hydrogens is 270 g/mol. The van der Waals surface area contributed by atoms with Crippen molar-refractivity contribution < 1.29 is 9.90 Å². The molecule has 0 aliphatic carbocycles. The average Bonchev–Trinajstić information content (AvgIpc) is 2.88. The SMILES string of the molecule is Cc1nnc2c(NC(C(=O)O)c3ccccc3)nccn12. The van der Waals surface area contributed by atoms with Gasteiger partial charge in [-0.15, -0.1) is 10.2 Å². The van der Waals surface area contributed by atoms with Crippen LogP contribution in [0.2, 0.25) is 0 Å². The number of nitrogens with one attached hydrogen (secondary N) is 1. The van der Waals surface area contributed by atoms with Crippen molar-refractivity contribution in [1.29, 1.82) is 0 Å². The molecule has 3 rings (SSSR count). The molecule has 1 aromatic carbocycles. The fraction of sp³-hybridized carbons (Fsp3) is 0.143. The Morgan fingerprint density at radius 2 is 2.05 bits per heavy atom. The third kappa shape index (κ3) is 2.40. The highest BCUT2D eigenvalue weighted by Gasteiger charge is 2.21. The summed E-state index contributed by atoms with van der Waals surface area (Å²) in [6.07, 6.45) is 3.31. The Morgan fingerprint density at radius 1 is 1.29 bits per heavy atom. The second-order valence-electron chi connectivity index (χ2n) is 4.54. The van der Waals surface area contributed by atoms with Crippen LogP contribution in [0.25, 0.3) is 5.65 Å². The van der Waals surface area contributed by atoms with Crippen LogP contribution in [0.5, 0.6) is 0 Å². The number of hydrogen-bond acceptors (Lipinski definition) is 5. The highest BCUT2D eigenvalue weighted by Crippen LogP contribution is 2.21. The minimum Gasteiger partial charge on any atom is -0.479 e. The first kappa shape index (κ1) is 13.0. The standard InChI is InChI=1S/C14H13N5O2/c1-9-17-18-13-12(15-7-8-19(9)13)16-11(14(20)21)10-5-3-2-4-6-10/h2-8,11H,1H3,(H,15,16)(H,20,21). The van der Waals surface area contributed by atoms with E-state index in [2.05, 4.69) is 20.5 Å². The first-order chi connectivity index (χ1) is 10.2. The van der Waals surface area contributed by atoms with Crippen LogP contribution >= 0.6 is 0 Å². The summed E-state index contributed by atoms with van der Waals surface area (Å²) < 4.78 is 1.75. The Morgan fingerprint density at radius 3 is 2.76 bits per heavy atom. The summed E-state index contributed by atoms with van der Waals surface area (Å²) in [6, 6.07) is 8.03. The molecule has 3 aromatic rings. The van der Waals surface area contributed by atoms with E-state index in [1.807, 2.05) is 13.0 Å². The number of carboxylic acid groups (broad SMARTS) is 1. The van der Waals surface area contributed by atoms with Gasteiger partial charge in [-0.05, 0) is 12.5 Å². The lowest BCUT2D eigenvalue weighted by Gasteiger charge is -2.15. The molecule has 0 fully saturated rings. The van der Waals surface area contributed by atoms with E-state index in [-0.39, 0.29) is 0 Å². The maximum absolute atomic E-state index is 11.5. The fourth-order valence-electron chi connectivity index (χ4n) is 2.11. The van der Waals surface area contributed by atoms with Crippen LogP contribution in [0.3, 0.4) is 0 Å². The van der Waals surface area contributed by atoms with Crippen molar-refractivity contribution in [3.8, 4) is 0 Å². The quantitative estimate of drug-likeness (QED) is 0.756. The maximum Gasteiger partial charge on any atom is 0.330 e. The monoisotopic (exact) mass is 283 g/mol. The summed E-state index contributed by atoms with van der Waals surface area (Å²) in [7, 11) is 0. The van der Waals surface area contributed by atoms with E-state index in [1.54, 1.807) is 41.1 Å². The minimum absolute atomic E-state index is 0.384. The molecule has 0 saturated carbocycles. The summed E-state index contributed by atoms with van der Waals surface area (Å²) in [5, 5.41) is 20.3. The molecular formula is C14H13N5O2. The highest BCUT2D eigenvalue weighted by molar-refractivity contribution is 5.80. The van der Waals surface area contributed by atoms with Gasteiger partial charge in [-0.25, -0.2) is 9.78 Å². The lowest BCUT2D eigenvalue weighted by atomic mass is 10.1. The van der Waals surface area contributed by atoms with E-state index in [4.69, 9.17) is 0 Å². The molecule has 106 valence electrons. The molecule has 7 nitrogen and oxygen atoms in total. The van der Waals surface area contributed by atoms with E-state index >= 15 is 0 Å². The van der Waals surface area contributed by atoms with Gasteiger partial charge < -0.3 is 10.4 Å². The summed E-state index contributed by atoms with van der Waals surface area (Å²) in [4.78, 5) is 15.7. The van der Waals surface area contributed by atoms with Crippen molar-refractivity contribution in [2.75, 3.05) is 5.32 Å². The second kappa shape index (κ2) is 5.20. The Balaban J connectivity index is 2.01. The van der Waals surface area contributed by atoms with Crippen LogP contribution in [0.4, 0.5) is 5.82 Å². The summed E-state index contributed by atoms with van der Waals surface area (Å²) >= 11 is 0. The number of aromatic nitrogens is 4. The fourth-order valence-corrected chi connectivity index (χ4v) is 2.11. The normalized spacial score (nSPS) is 12.2. The van der Waals surface area contributed by atoms with Gasteiger partial charge in [0.15, 0.2) is 11.9 Å². The van der Waals surface area contributed by atoms with Gasteiger partial charge in [0, 0.05) is 12.4 Å². The molecule has 0 radical (unpaired) electrons. The van der Waals surface area contributed by atoms with Gasteiger partial charge in [-0.3, -0.25) is 4.40 Å². The summed E-state index contributed by atoms with van der Waals surface area (Å²) in [6.45, 7) is 1.82. The van der Waals surface area contributed by atoms with Crippen LogP contribution < -0.4 is 5.32 Å². The highest BCUT2D eigenvalue weighted by atomic mass is 16.4. The van der Waals surface area contributed by atoms with E-state index in [0.29, 0.717) is 22.9 Å². The smallest absolute Gasteiger partial charge is 0.330 e. The molecule has 0 amide bonds. The number of aryl methyl sites for hydroxylation is 1. The molecule has 1 atom stereocenters.